The fourth-order valence-electron chi connectivity index (χ4n) is 2.00. The molecule has 4 nitrogen and oxygen atoms in total. The van der Waals surface area contributed by atoms with Gasteiger partial charge >= 0.3 is 0 Å². The Labute approximate surface area is 99.3 Å². The summed E-state index contributed by atoms with van der Waals surface area (Å²) in [5.74, 6) is 0.438. The van der Waals surface area contributed by atoms with Crippen LogP contribution < -0.4 is 5.32 Å². The minimum Gasteiger partial charge on any atom is -0.351 e. The van der Waals surface area contributed by atoms with Gasteiger partial charge in [0.15, 0.2) is 0 Å². The molecule has 0 radical (unpaired) electrons. The second kappa shape index (κ2) is 4.87. The highest BCUT2D eigenvalue weighted by Gasteiger charge is 2.25. The van der Waals surface area contributed by atoms with Gasteiger partial charge in [0.2, 0.25) is 5.76 Å². The molecule has 1 heterocycles. The number of amides is 1. The van der Waals surface area contributed by atoms with E-state index in [9.17, 15) is 4.79 Å². The quantitative estimate of drug-likeness (QED) is 0.826. The number of alkyl halides is 1. The summed E-state index contributed by atoms with van der Waals surface area (Å²) >= 11 is 6.12. The Morgan fingerprint density at radius 3 is 3.06 bits per heavy atom. The number of aromatic nitrogens is 1. The lowest BCUT2D eigenvalue weighted by Crippen LogP contribution is -2.30. The van der Waals surface area contributed by atoms with Crippen molar-refractivity contribution in [2.24, 2.45) is 5.92 Å². The van der Waals surface area contributed by atoms with Crippen LogP contribution >= 0.6 is 11.6 Å². The smallest absolute Gasteiger partial charge is 0.289 e. The number of aryl methyl sites for hydroxylation is 1. The normalized spacial score (nSPS) is 24.6. The number of hydrogen-bond acceptors (Lipinski definition) is 3. The van der Waals surface area contributed by atoms with Crippen LogP contribution in [0.2, 0.25) is 0 Å². The zero-order valence-corrected chi connectivity index (χ0v) is 9.96. The topological polar surface area (TPSA) is 55.1 Å². The van der Waals surface area contributed by atoms with Gasteiger partial charge in [-0.3, -0.25) is 4.79 Å². The van der Waals surface area contributed by atoms with Crippen LogP contribution in [0.3, 0.4) is 0 Å². The van der Waals surface area contributed by atoms with E-state index in [2.05, 4.69) is 10.5 Å². The van der Waals surface area contributed by atoms with Crippen molar-refractivity contribution in [2.45, 2.75) is 31.6 Å². The second-order valence-electron chi connectivity index (χ2n) is 4.25. The molecule has 1 saturated carbocycles. The lowest BCUT2D eigenvalue weighted by Gasteiger charge is -2.13. The molecular weight excluding hydrogens is 228 g/mol. The van der Waals surface area contributed by atoms with E-state index >= 15 is 0 Å². The standard InChI is InChI=1S/C11H15ClN2O2/c1-7-5-10(16-14-7)11(15)13-6-8-3-2-4-9(8)12/h5,8-9H,2-4,6H2,1H3,(H,13,15). The van der Waals surface area contributed by atoms with Crippen LogP contribution in [0.1, 0.15) is 35.5 Å². The number of carbonyl (C=O) groups excluding carboxylic acids is 1. The molecule has 5 heteroatoms. The van der Waals surface area contributed by atoms with Crippen molar-refractivity contribution in [3.8, 4) is 0 Å². The number of nitrogens with one attached hydrogen (secondary N) is 1. The van der Waals surface area contributed by atoms with E-state index in [1.165, 1.54) is 0 Å². The molecule has 0 aromatic carbocycles. The molecule has 0 saturated heterocycles. The van der Waals surface area contributed by atoms with Crippen LogP contribution in [-0.2, 0) is 0 Å². The van der Waals surface area contributed by atoms with Gasteiger partial charge in [0.25, 0.3) is 5.91 Å². The number of halogens is 1. The summed E-state index contributed by atoms with van der Waals surface area (Å²) < 4.78 is 4.87. The maximum atomic E-state index is 11.6. The van der Waals surface area contributed by atoms with Crippen molar-refractivity contribution in [1.82, 2.24) is 10.5 Å². The third kappa shape index (κ3) is 2.55. The molecule has 1 N–H and O–H groups in total. The lowest BCUT2D eigenvalue weighted by atomic mass is 10.1. The molecule has 0 bridgehead atoms. The molecule has 1 aliphatic rings. The largest absolute Gasteiger partial charge is 0.351 e. The summed E-state index contributed by atoms with van der Waals surface area (Å²) in [7, 11) is 0. The highest BCUT2D eigenvalue weighted by Crippen LogP contribution is 2.29. The monoisotopic (exact) mass is 242 g/mol. The molecule has 16 heavy (non-hydrogen) atoms. The Balaban J connectivity index is 1.84. The summed E-state index contributed by atoms with van der Waals surface area (Å²) in [6.45, 7) is 2.40. The van der Waals surface area contributed by atoms with Crippen molar-refractivity contribution < 1.29 is 9.32 Å². The first-order chi connectivity index (χ1) is 7.66. The zero-order chi connectivity index (χ0) is 11.5. The van der Waals surface area contributed by atoms with Crippen LogP contribution in [0.25, 0.3) is 0 Å². The van der Waals surface area contributed by atoms with Gasteiger partial charge in [0, 0.05) is 18.0 Å². The van der Waals surface area contributed by atoms with Gasteiger partial charge in [-0.05, 0) is 25.7 Å². The molecule has 2 rings (SSSR count). The van der Waals surface area contributed by atoms with Crippen LogP contribution in [0.5, 0.6) is 0 Å². The van der Waals surface area contributed by atoms with Gasteiger partial charge in [-0.1, -0.05) is 11.6 Å². The minimum atomic E-state index is -0.212. The number of nitrogens with zero attached hydrogens (tertiary/aromatic N) is 1. The Hall–Kier alpha value is -1.03. The number of hydrogen-bond donors (Lipinski definition) is 1. The minimum absolute atomic E-state index is 0.191. The number of carbonyl (C=O) groups is 1. The van der Waals surface area contributed by atoms with E-state index in [4.69, 9.17) is 16.1 Å². The van der Waals surface area contributed by atoms with E-state index in [0.29, 0.717) is 18.2 Å². The lowest BCUT2D eigenvalue weighted by molar-refractivity contribution is 0.0910. The van der Waals surface area contributed by atoms with Crippen molar-refractivity contribution in [1.29, 1.82) is 0 Å². The SMILES string of the molecule is Cc1cc(C(=O)NCC2CCCC2Cl)on1. The van der Waals surface area contributed by atoms with E-state index < -0.39 is 0 Å². The molecule has 1 fully saturated rings. The maximum Gasteiger partial charge on any atom is 0.289 e. The highest BCUT2D eigenvalue weighted by atomic mass is 35.5. The Kier molecular flexibility index (Phi) is 3.49. The molecule has 2 atom stereocenters. The molecule has 1 aromatic rings. The summed E-state index contributed by atoms with van der Waals surface area (Å²) in [5.41, 5.74) is 0.709. The Bertz CT molecular complexity index is 378. The molecule has 88 valence electrons. The maximum absolute atomic E-state index is 11.6. The summed E-state index contributed by atoms with van der Waals surface area (Å²) in [5, 5.41) is 6.69. The highest BCUT2D eigenvalue weighted by molar-refractivity contribution is 6.21. The van der Waals surface area contributed by atoms with E-state index in [1.807, 2.05) is 0 Å². The third-order valence-corrected chi connectivity index (χ3v) is 3.52. The van der Waals surface area contributed by atoms with Gasteiger partial charge in [0.1, 0.15) is 0 Å². The van der Waals surface area contributed by atoms with Crippen LogP contribution in [0.15, 0.2) is 10.6 Å². The molecule has 0 aliphatic heterocycles. The average Bonchev–Trinajstić information content (AvgIpc) is 2.84. The molecule has 1 aromatic heterocycles. The average molecular weight is 243 g/mol. The van der Waals surface area contributed by atoms with E-state index in [-0.39, 0.29) is 17.0 Å². The van der Waals surface area contributed by atoms with E-state index in [1.54, 1.807) is 13.0 Å². The van der Waals surface area contributed by atoms with Crippen LogP contribution in [-0.4, -0.2) is 23.0 Å². The molecule has 1 aliphatic carbocycles. The fourth-order valence-corrected chi connectivity index (χ4v) is 2.37. The van der Waals surface area contributed by atoms with Gasteiger partial charge in [0.05, 0.1) is 5.69 Å². The first-order valence-electron chi connectivity index (χ1n) is 5.52. The van der Waals surface area contributed by atoms with Crippen molar-refractivity contribution in [2.75, 3.05) is 6.54 Å². The summed E-state index contributed by atoms with van der Waals surface area (Å²) in [6, 6.07) is 1.63. The molecular formula is C11H15ClN2O2. The van der Waals surface area contributed by atoms with Crippen molar-refractivity contribution in [3.63, 3.8) is 0 Å². The van der Waals surface area contributed by atoms with Gasteiger partial charge in [-0.25, -0.2) is 0 Å². The Morgan fingerprint density at radius 1 is 1.69 bits per heavy atom. The van der Waals surface area contributed by atoms with Crippen LogP contribution in [0.4, 0.5) is 0 Å². The predicted octanol–water partition coefficient (Wildman–Crippen LogP) is 2.12. The van der Waals surface area contributed by atoms with E-state index in [0.717, 1.165) is 19.3 Å². The second-order valence-corrected chi connectivity index (χ2v) is 4.81. The first-order valence-corrected chi connectivity index (χ1v) is 5.96. The zero-order valence-electron chi connectivity index (χ0n) is 9.20. The number of rotatable bonds is 3. The first kappa shape index (κ1) is 11.5. The summed E-state index contributed by atoms with van der Waals surface area (Å²) in [4.78, 5) is 11.6. The summed E-state index contributed by atoms with van der Waals surface area (Å²) in [6.07, 6.45) is 3.28. The predicted molar refractivity (Wildman–Crippen MR) is 60.6 cm³/mol. The van der Waals surface area contributed by atoms with Gasteiger partial charge in [-0.15, -0.1) is 11.6 Å². The van der Waals surface area contributed by atoms with Crippen molar-refractivity contribution in [3.05, 3.63) is 17.5 Å². The molecule has 1 amide bonds. The molecule has 0 spiro atoms. The van der Waals surface area contributed by atoms with Crippen LogP contribution in [0, 0.1) is 12.8 Å². The van der Waals surface area contributed by atoms with Crippen molar-refractivity contribution >= 4 is 17.5 Å². The molecule has 2 unspecified atom stereocenters. The van der Waals surface area contributed by atoms with Gasteiger partial charge in [-0.2, -0.15) is 0 Å². The van der Waals surface area contributed by atoms with Gasteiger partial charge < -0.3 is 9.84 Å². The fraction of sp³-hybridized carbons (Fsp3) is 0.636. The third-order valence-electron chi connectivity index (χ3n) is 2.94. The Morgan fingerprint density at radius 2 is 2.50 bits per heavy atom.